The van der Waals surface area contributed by atoms with Gasteiger partial charge in [-0.25, -0.2) is 4.79 Å². The van der Waals surface area contributed by atoms with Crippen molar-refractivity contribution >= 4 is 29.4 Å². The third-order valence-electron chi connectivity index (χ3n) is 4.73. The summed E-state index contributed by atoms with van der Waals surface area (Å²) in [5, 5.41) is 5.48. The summed E-state index contributed by atoms with van der Waals surface area (Å²) in [6.45, 7) is 1.48. The minimum atomic E-state index is -0.200. The highest BCUT2D eigenvalue weighted by molar-refractivity contribution is 7.99. The van der Waals surface area contributed by atoms with Crippen molar-refractivity contribution < 1.29 is 14.3 Å². The smallest absolute Gasteiger partial charge is 0.321 e. The zero-order valence-electron chi connectivity index (χ0n) is 16.1. The number of likely N-dealkylation sites (tertiary alicyclic amines) is 1. The van der Waals surface area contributed by atoms with Gasteiger partial charge in [0.25, 0.3) is 5.91 Å². The van der Waals surface area contributed by atoms with Gasteiger partial charge in [0.2, 0.25) is 0 Å². The quantitative estimate of drug-likeness (QED) is 0.727. The van der Waals surface area contributed by atoms with E-state index < -0.39 is 0 Å². The molecule has 0 spiro atoms. The Morgan fingerprint density at radius 3 is 2.71 bits per heavy atom. The second-order valence-electron chi connectivity index (χ2n) is 6.65. The average Bonchev–Trinajstić information content (AvgIpc) is 3.22. The number of methoxy groups -OCH3 is 1. The molecule has 0 saturated carbocycles. The van der Waals surface area contributed by atoms with Gasteiger partial charge in [0.15, 0.2) is 0 Å². The number of carbonyl (C=O) groups is 2. The predicted molar refractivity (Wildman–Crippen MR) is 112 cm³/mol. The molecule has 0 bridgehead atoms. The van der Waals surface area contributed by atoms with E-state index in [1.807, 2.05) is 34.9 Å². The summed E-state index contributed by atoms with van der Waals surface area (Å²) in [5.41, 5.74) is 1.04. The van der Waals surface area contributed by atoms with Crippen LogP contribution in [0.1, 0.15) is 16.8 Å². The van der Waals surface area contributed by atoms with Crippen molar-refractivity contribution in [2.75, 3.05) is 38.3 Å². The highest BCUT2D eigenvalue weighted by Crippen LogP contribution is 2.28. The van der Waals surface area contributed by atoms with E-state index in [4.69, 9.17) is 4.74 Å². The molecular formula is C21H25N3O3S. The standard InChI is InChI=1S/C21H25N3O3S/c1-22-20(25)16-8-9-18(19(12-16)27-2)23-21(26)24-11-10-15(13-24)14-28-17-6-4-3-5-7-17/h3-9,12,15H,10-11,13-14H2,1-2H3,(H,22,25)(H,23,26). The highest BCUT2D eigenvalue weighted by Gasteiger charge is 2.27. The van der Waals surface area contributed by atoms with Gasteiger partial charge in [-0.15, -0.1) is 11.8 Å². The molecule has 1 fully saturated rings. The first-order valence-corrected chi connectivity index (χ1v) is 10.2. The molecule has 3 amide bonds. The first-order chi connectivity index (χ1) is 13.6. The number of rotatable bonds is 6. The number of nitrogens with zero attached hydrogens (tertiary/aromatic N) is 1. The summed E-state index contributed by atoms with van der Waals surface area (Å²) in [7, 11) is 3.09. The lowest BCUT2D eigenvalue weighted by Crippen LogP contribution is -2.33. The summed E-state index contributed by atoms with van der Waals surface area (Å²) in [4.78, 5) is 27.5. The fraction of sp³-hybridized carbons (Fsp3) is 0.333. The van der Waals surface area contributed by atoms with Crippen LogP contribution < -0.4 is 15.4 Å². The number of thioether (sulfide) groups is 1. The third kappa shape index (κ3) is 4.98. The molecule has 1 aliphatic rings. The summed E-state index contributed by atoms with van der Waals surface area (Å²) >= 11 is 1.83. The minimum Gasteiger partial charge on any atom is -0.495 e. The Morgan fingerprint density at radius 2 is 2.00 bits per heavy atom. The molecule has 0 aromatic heterocycles. The number of hydrogen-bond donors (Lipinski definition) is 2. The number of carbonyl (C=O) groups excluding carboxylic acids is 2. The minimum absolute atomic E-state index is 0.141. The van der Waals surface area contributed by atoms with Gasteiger partial charge in [-0.05, 0) is 42.7 Å². The Kier molecular flexibility index (Phi) is 6.81. The Bertz CT molecular complexity index is 829. The number of nitrogens with one attached hydrogen (secondary N) is 2. The number of benzene rings is 2. The van der Waals surface area contributed by atoms with Gasteiger partial charge in [0, 0.05) is 36.3 Å². The van der Waals surface area contributed by atoms with E-state index in [9.17, 15) is 9.59 Å². The monoisotopic (exact) mass is 399 g/mol. The van der Waals surface area contributed by atoms with Crippen molar-refractivity contribution in [1.82, 2.24) is 10.2 Å². The van der Waals surface area contributed by atoms with Crippen molar-refractivity contribution in [2.45, 2.75) is 11.3 Å². The van der Waals surface area contributed by atoms with E-state index in [1.165, 1.54) is 12.0 Å². The van der Waals surface area contributed by atoms with Crippen molar-refractivity contribution in [3.63, 3.8) is 0 Å². The van der Waals surface area contributed by atoms with Gasteiger partial charge in [0.05, 0.1) is 12.8 Å². The molecule has 7 heteroatoms. The molecular weight excluding hydrogens is 374 g/mol. The lowest BCUT2D eigenvalue weighted by Gasteiger charge is -2.19. The Balaban J connectivity index is 1.56. The lowest BCUT2D eigenvalue weighted by atomic mass is 10.1. The molecule has 28 heavy (non-hydrogen) atoms. The van der Waals surface area contributed by atoms with Crippen LogP contribution in [-0.2, 0) is 0 Å². The van der Waals surface area contributed by atoms with E-state index in [0.29, 0.717) is 22.9 Å². The summed E-state index contributed by atoms with van der Waals surface area (Å²) in [6.07, 6.45) is 1.000. The molecule has 148 valence electrons. The number of urea groups is 1. The molecule has 1 saturated heterocycles. The Labute approximate surface area is 169 Å². The van der Waals surface area contributed by atoms with Crippen LogP contribution in [0.4, 0.5) is 10.5 Å². The van der Waals surface area contributed by atoms with E-state index in [1.54, 1.807) is 25.2 Å². The zero-order chi connectivity index (χ0) is 19.9. The molecule has 2 aromatic carbocycles. The van der Waals surface area contributed by atoms with Crippen LogP contribution in [0.2, 0.25) is 0 Å². The summed E-state index contributed by atoms with van der Waals surface area (Å²) in [5.74, 6) is 1.74. The second-order valence-corrected chi connectivity index (χ2v) is 7.74. The van der Waals surface area contributed by atoms with Gasteiger partial charge in [0.1, 0.15) is 5.75 Å². The van der Waals surface area contributed by atoms with Crippen molar-refractivity contribution in [1.29, 1.82) is 0 Å². The first-order valence-electron chi connectivity index (χ1n) is 9.24. The van der Waals surface area contributed by atoms with Crippen molar-refractivity contribution in [3.8, 4) is 5.75 Å². The molecule has 1 aliphatic heterocycles. The lowest BCUT2D eigenvalue weighted by molar-refractivity contribution is 0.0962. The number of anilines is 1. The molecule has 2 N–H and O–H groups in total. The van der Waals surface area contributed by atoms with Crippen LogP contribution in [0.3, 0.4) is 0 Å². The van der Waals surface area contributed by atoms with E-state index in [-0.39, 0.29) is 11.9 Å². The Morgan fingerprint density at radius 1 is 1.21 bits per heavy atom. The van der Waals surface area contributed by atoms with Gasteiger partial charge in [-0.3, -0.25) is 4.79 Å². The van der Waals surface area contributed by atoms with Crippen LogP contribution in [0.5, 0.6) is 5.75 Å². The van der Waals surface area contributed by atoms with Gasteiger partial charge in [-0.1, -0.05) is 18.2 Å². The summed E-state index contributed by atoms with van der Waals surface area (Å²) < 4.78 is 5.34. The van der Waals surface area contributed by atoms with Gasteiger partial charge < -0.3 is 20.3 Å². The largest absolute Gasteiger partial charge is 0.495 e. The van der Waals surface area contributed by atoms with Crippen LogP contribution in [0.25, 0.3) is 0 Å². The van der Waals surface area contributed by atoms with E-state index in [2.05, 4.69) is 22.8 Å². The van der Waals surface area contributed by atoms with Gasteiger partial charge in [-0.2, -0.15) is 0 Å². The van der Waals surface area contributed by atoms with E-state index >= 15 is 0 Å². The zero-order valence-corrected chi connectivity index (χ0v) is 16.9. The third-order valence-corrected chi connectivity index (χ3v) is 5.98. The van der Waals surface area contributed by atoms with Crippen molar-refractivity contribution in [3.05, 3.63) is 54.1 Å². The number of ether oxygens (including phenoxy) is 1. The fourth-order valence-electron chi connectivity index (χ4n) is 3.16. The highest BCUT2D eigenvalue weighted by atomic mass is 32.2. The topological polar surface area (TPSA) is 70.7 Å². The molecule has 1 unspecified atom stereocenters. The fourth-order valence-corrected chi connectivity index (χ4v) is 4.21. The van der Waals surface area contributed by atoms with Crippen LogP contribution >= 0.6 is 11.8 Å². The van der Waals surface area contributed by atoms with Crippen LogP contribution in [-0.4, -0.2) is 49.8 Å². The van der Waals surface area contributed by atoms with Crippen molar-refractivity contribution in [2.24, 2.45) is 5.92 Å². The van der Waals surface area contributed by atoms with Gasteiger partial charge >= 0.3 is 6.03 Å². The Hall–Kier alpha value is -2.67. The van der Waals surface area contributed by atoms with Crippen LogP contribution in [0.15, 0.2) is 53.4 Å². The number of hydrogen-bond acceptors (Lipinski definition) is 4. The van der Waals surface area contributed by atoms with E-state index in [0.717, 1.165) is 25.3 Å². The molecule has 0 radical (unpaired) electrons. The molecule has 6 nitrogen and oxygen atoms in total. The molecule has 1 atom stereocenters. The maximum atomic E-state index is 12.7. The second kappa shape index (κ2) is 9.50. The maximum Gasteiger partial charge on any atom is 0.321 e. The molecule has 3 rings (SSSR count). The molecule has 1 heterocycles. The SMILES string of the molecule is CNC(=O)c1ccc(NC(=O)N2CCC(CSc3ccccc3)C2)c(OC)c1. The molecule has 2 aromatic rings. The van der Waals surface area contributed by atoms with Crippen LogP contribution in [0, 0.1) is 5.92 Å². The predicted octanol–water partition coefficient (Wildman–Crippen LogP) is 3.70. The normalized spacial score (nSPS) is 15.9. The number of amides is 3. The maximum absolute atomic E-state index is 12.7. The molecule has 0 aliphatic carbocycles. The summed E-state index contributed by atoms with van der Waals surface area (Å²) in [6, 6.07) is 15.2. The average molecular weight is 400 g/mol. The first kappa shape index (κ1) is 20.1.